The average molecular weight is 490 g/mol. The smallest absolute Gasteiger partial charge is 0.103 e. The molecule has 2 nitrogen and oxygen atoms in total. The van der Waals surface area contributed by atoms with E-state index in [-0.39, 0.29) is 26.3 Å². The molecule has 4 rings (SSSR count). The topological polar surface area (TPSA) is 23.3 Å². The summed E-state index contributed by atoms with van der Waals surface area (Å²) in [5.74, 6) is 0.798. The summed E-state index contributed by atoms with van der Waals surface area (Å²) in [7, 11) is 0. The van der Waals surface area contributed by atoms with Crippen LogP contribution in [0.4, 0.5) is 0 Å². The van der Waals surface area contributed by atoms with Gasteiger partial charge in [0.15, 0.2) is 0 Å². The van der Waals surface area contributed by atoms with Crippen LogP contribution in [0, 0.1) is 6.07 Å². The van der Waals surface area contributed by atoms with Crippen molar-refractivity contribution < 1.29 is 24.8 Å². The molecule has 1 atom stereocenters. The zero-order valence-corrected chi connectivity index (χ0v) is 15.2. The van der Waals surface area contributed by atoms with E-state index in [9.17, 15) is 0 Å². The van der Waals surface area contributed by atoms with Gasteiger partial charge in [-0.3, -0.25) is 0 Å². The molecule has 24 heavy (non-hydrogen) atoms. The van der Waals surface area contributed by atoms with Crippen molar-refractivity contribution in [2.24, 2.45) is 0 Å². The van der Waals surface area contributed by atoms with Crippen molar-refractivity contribution in [3.8, 4) is 11.1 Å². The van der Waals surface area contributed by atoms with Gasteiger partial charge in [-0.1, -0.05) is 54.6 Å². The van der Waals surface area contributed by atoms with E-state index in [0.29, 0.717) is 0 Å². The summed E-state index contributed by atoms with van der Waals surface area (Å²) >= 11 is 0. The average Bonchev–Trinajstić information content (AvgIpc) is 3.14. The van der Waals surface area contributed by atoms with Crippen molar-refractivity contribution in [3.63, 3.8) is 0 Å². The largest absolute Gasteiger partial charge is 0.651 e. The second-order valence-electron chi connectivity index (χ2n) is 5.37. The fourth-order valence-corrected chi connectivity index (χ4v) is 2.62. The summed E-state index contributed by atoms with van der Waals surface area (Å²) in [5.41, 5.74) is 4.38. The van der Waals surface area contributed by atoms with Crippen LogP contribution in [0.3, 0.4) is 0 Å². The predicted octanol–water partition coefficient (Wildman–Crippen LogP) is 5.55. The number of hydrogen-bond donors (Lipinski definition) is 0. The van der Waals surface area contributed by atoms with Gasteiger partial charge in [-0.05, 0) is 11.1 Å². The molecule has 0 bridgehead atoms. The van der Waals surface area contributed by atoms with E-state index < -0.39 is 0 Å². The molecule has 3 aromatic carbocycles. The van der Waals surface area contributed by atoms with E-state index in [1.807, 2.05) is 42.5 Å². The predicted molar refractivity (Wildman–Crippen MR) is 92.3 cm³/mol. The Hall–Kier alpha value is -2.35. The maximum absolute atomic E-state index is 5.94. The molecule has 0 fully saturated rings. The summed E-state index contributed by atoms with van der Waals surface area (Å²) in [6, 6.07) is 29.6. The standard InChI is InChI=1S/C21H15NO.Ir/c1-3-7-16(8-4-1)17-11-13-18(14-12-17)20-15-22-21(23-20)19-9-5-2-6-10-19;/h1-9,11-15,21H;/q-2;. The van der Waals surface area contributed by atoms with E-state index in [4.69, 9.17) is 4.74 Å². The van der Waals surface area contributed by atoms with Crippen molar-refractivity contribution in [2.75, 3.05) is 0 Å². The Bertz CT molecular complexity index is 813. The zero-order valence-electron chi connectivity index (χ0n) is 12.8. The van der Waals surface area contributed by atoms with E-state index >= 15 is 0 Å². The molecule has 3 heteroatoms. The molecule has 3 aromatic rings. The Morgan fingerprint density at radius 3 is 2.12 bits per heavy atom. The van der Waals surface area contributed by atoms with Gasteiger partial charge in [0.05, 0.1) is 0 Å². The molecule has 1 unspecified atom stereocenters. The van der Waals surface area contributed by atoms with Crippen molar-refractivity contribution in [1.29, 1.82) is 0 Å². The molecule has 0 N–H and O–H groups in total. The van der Waals surface area contributed by atoms with Crippen LogP contribution in [0.1, 0.15) is 17.4 Å². The van der Waals surface area contributed by atoms with Gasteiger partial charge in [-0.25, -0.2) is 0 Å². The zero-order chi connectivity index (χ0) is 15.5. The summed E-state index contributed by atoms with van der Waals surface area (Å²) < 4.78 is 5.94. The van der Waals surface area contributed by atoms with Crippen molar-refractivity contribution >= 4 is 5.76 Å². The SMILES string of the molecule is [Ir].[c-]1ccccc1C1[N-]C=C(c2ccc(-c3ccccc3)cc2)O1. The van der Waals surface area contributed by atoms with E-state index in [1.54, 1.807) is 6.20 Å². The number of benzene rings is 3. The third-order valence-electron chi connectivity index (χ3n) is 3.84. The number of ether oxygens (including phenoxy) is 1. The quantitative estimate of drug-likeness (QED) is 0.443. The third-order valence-corrected chi connectivity index (χ3v) is 3.84. The molecule has 0 saturated carbocycles. The van der Waals surface area contributed by atoms with Crippen molar-refractivity contribution in [2.45, 2.75) is 6.23 Å². The summed E-state index contributed by atoms with van der Waals surface area (Å²) in [6.45, 7) is 0. The Kier molecular flexibility index (Phi) is 5.14. The van der Waals surface area contributed by atoms with Crippen molar-refractivity contribution in [1.82, 2.24) is 0 Å². The third kappa shape index (κ3) is 3.43. The van der Waals surface area contributed by atoms with Crippen LogP contribution < -0.4 is 0 Å². The Balaban J connectivity index is 0.00000169. The molecular weight excluding hydrogens is 474 g/mol. The van der Waals surface area contributed by atoms with Gasteiger partial charge in [-0.2, -0.15) is 30.3 Å². The van der Waals surface area contributed by atoms with Gasteiger partial charge in [0.1, 0.15) is 5.76 Å². The fraction of sp³-hybridized carbons (Fsp3) is 0.0476. The summed E-state index contributed by atoms with van der Waals surface area (Å²) in [5, 5.41) is 4.43. The summed E-state index contributed by atoms with van der Waals surface area (Å²) in [4.78, 5) is 0. The molecule has 1 aliphatic rings. The molecule has 0 spiro atoms. The Morgan fingerprint density at radius 2 is 1.42 bits per heavy atom. The molecule has 121 valence electrons. The van der Waals surface area contributed by atoms with Gasteiger partial charge in [0, 0.05) is 31.9 Å². The van der Waals surface area contributed by atoms with Gasteiger partial charge in [-0.15, -0.1) is 11.8 Å². The Labute approximate surface area is 155 Å². The van der Waals surface area contributed by atoms with Crippen LogP contribution in [0.15, 0.2) is 85.1 Å². The monoisotopic (exact) mass is 490 g/mol. The van der Waals surface area contributed by atoms with Gasteiger partial charge >= 0.3 is 0 Å². The first-order valence-electron chi connectivity index (χ1n) is 7.59. The van der Waals surface area contributed by atoms with Gasteiger partial charge < -0.3 is 10.1 Å². The molecule has 0 aromatic heterocycles. The normalized spacial score (nSPS) is 15.7. The van der Waals surface area contributed by atoms with Gasteiger partial charge in [0.25, 0.3) is 0 Å². The second-order valence-corrected chi connectivity index (χ2v) is 5.37. The second kappa shape index (κ2) is 7.48. The van der Waals surface area contributed by atoms with Gasteiger partial charge in [0.2, 0.25) is 0 Å². The van der Waals surface area contributed by atoms with Crippen LogP contribution in [-0.2, 0) is 24.8 Å². The number of rotatable bonds is 3. The molecule has 0 aliphatic carbocycles. The van der Waals surface area contributed by atoms with Crippen LogP contribution in [0.2, 0.25) is 0 Å². The first-order chi connectivity index (χ1) is 11.4. The Morgan fingerprint density at radius 1 is 0.750 bits per heavy atom. The van der Waals surface area contributed by atoms with E-state index in [0.717, 1.165) is 16.9 Å². The van der Waals surface area contributed by atoms with Crippen LogP contribution >= 0.6 is 0 Å². The van der Waals surface area contributed by atoms with Crippen LogP contribution in [-0.4, -0.2) is 0 Å². The minimum Gasteiger partial charge on any atom is -0.651 e. The fourth-order valence-electron chi connectivity index (χ4n) is 2.62. The molecule has 1 aliphatic heterocycles. The van der Waals surface area contributed by atoms with Crippen LogP contribution in [0.5, 0.6) is 0 Å². The molecule has 0 amide bonds. The molecule has 1 heterocycles. The van der Waals surface area contributed by atoms with E-state index in [1.165, 1.54) is 11.1 Å². The first kappa shape index (κ1) is 16.5. The maximum atomic E-state index is 5.94. The maximum Gasteiger partial charge on any atom is 0.103 e. The van der Waals surface area contributed by atoms with E-state index in [2.05, 4.69) is 47.8 Å². The number of nitrogens with zero attached hydrogens (tertiary/aromatic N) is 1. The minimum absolute atomic E-state index is 0. The summed E-state index contributed by atoms with van der Waals surface area (Å²) in [6.07, 6.45) is 1.50. The molecule has 0 saturated heterocycles. The number of hydrogen-bond acceptors (Lipinski definition) is 1. The molecular formula is C21H15IrNO-2. The van der Waals surface area contributed by atoms with Crippen molar-refractivity contribution in [3.05, 3.63) is 108 Å². The molecule has 1 radical (unpaired) electrons. The minimum atomic E-state index is -0.292. The first-order valence-corrected chi connectivity index (χ1v) is 7.59. The van der Waals surface area contributed by atoms with Crippen LogP contribution in [0.25, 0.3) is 22.2 Å².